The quantitative estimate of drug-likeness (QED) is 0.785. The van der Waals surface area contributed by atoms with Gasteiger partial charge in [0.1, 0.15) is 12.3 Å². The van der Waals surface area contributed by atoms with Crippen LogP contribution in [-0.2, 0) is 14.8 Å². The lowest BCUT2D eigenvalue weighted by atomic mass is 10.2. The molecule has 1 aromatic rings. The summed E-state index contributed by atoms with van der Waals surface area (Å²) in [4.78, 5) is 12.0. The third kappa shape index (κ3) is 6.48. The number of hydrogen-bond donors (Lipinski definition) is 1. The second-order valence-corrected chi connectivity index (χ2v) is 7.71. The molecule has 0 aliphatic carbocycles. The Bertz CT molecular complexity index is 611. The van der Waals surface area contributed by atoms with Gasteiger partial charge in [0.2, 0.25) is 15.9 Å². The monoisotopic (exact) mass is 342 g/mol. The molecule has 0 saturated heterocycles. The Labute approximate surface area is 138 Å². The molecule has 0 bridgehead atoms. The highest BCUT2D eigenvalue weighted by molar-refractivity contribution is 7.92. The first kappa shape index (κ1) is 19.3. The van der Waals surface area contributed by atoms with Crippen LogP contribution in [-0.4, -0.2) is 39.3 Å². The van der Waals surface area contributed by atoms with E-state index < -0.39 is 10.0 Å². The zero-order valence-electron chi connectivity index (χ0n) is 14.4. The van der Waals surface area contributed by atoms with E-state index in [0.29, 0.717) is 11.4 Å². The van der Waals surface area contributed by atoms with Crippen LogP contribution < -0.4 is 14.4 Å². The summed E-state index contributed by atoms with van der Waals surface area (Å²) in [7, 11) is -3.56. The maximum absolute atomic E-state index is 12.0. The minimum absolute atomic E-state index is 0.00530. The molecule has 0 saturated carbocycles. The molecule has 0 aliphatic heterocycles. The number of benzene rings is 1. The topological polar surface area (TPSA) is 75.7 Å². The van der Waals surface area contributed by atoms with Crippen LogP contribution in [0.5, 0.6) is 5.75 Å². The molecule has 1 unspecified atom stereocenters. The highest BCUT2D eigenvalue weighted by Crippen LogP contribution is 2.22. The van der Waals surface area contributed by atoms with Gasteiger partial charge in [0.25, 0.3) is 0 Å². The standard InChI is InChI=1S/C16H26N2O4S/c1-6-13(4)17-16(19)11-18(23(5,20)21)14-7-9-15(10-8-14)22-12(2)3/h7-10,12-13H,6,11H2,1-5H3,(H,17,19). The van der Waals surface area contributed by atoms with E-state index in [2.05, 4.69) is 5.32 Å². The van der Waals surface area contributed by atoms with Gasteiger partial charge >= 0.3 is 0 Å². The molecule has 0 fully saturated rings. The molecule has 0 aliphatic rings. The summed E-state index contributed by atoms with van der Waals surface area (Å²) in [6.07, 6.45) is 1.90. The van der Waals surface area contributed by atoms with Crippen molar-refractivity contribution in [2.75, 3.05) is 17.1 Å². The zero-order valence-corrected chi connectivity index (χ0v) is 15.2. The van der Waals surface area contributed by atoms with Crippen molar-refractivity contribution in [3.63, 3.8) is 0 Å². The van der Waals surface area contributed by atoms with Crippen molar-refractivity contribution < 1.29 is 17.9 Å². The van der Waals surface area contributed by atoms with Crippen LogP contribution in [0.2, 0.25) is 0 Å². The van der Waals surface area contributed by atoms with Gasteiger partial charge in [-0.3, -0.25) is 9.10 Å². The Morgan fingerprint density at radius 3 is 2.22 bits per heavy atom. The number of hydrogen-bond acceptors (Lipinski definition) is 4. The van der Waals surface area contributed by atoms with Gasteiger partial charge in [-0.15, -0.1) is 0 Å². The summed E-state index contributed by atoms with van der Waals surface area (Å²) < 4.78 is 30.6. The molecule has 1 amide bonds. The van der Waals surface area contributed by atoms with Gasteiger partial charge < -0.3 is 10.1 Å². The predicted molar refractivity (Wildman–Crippen MR) is 92.3 cm³/mol. The lowest BCUT2D eigenvalue weighted by Gasteiger charge is -2.23. The van der Waals surface area contributed by atoms with Crippen LogP contribution in [0.25, 0.3) is 0 Å². The van der Waals surface area contributed by atoms with E-state index >= 15 is 0 Å². The van der Waals surface area contributed by atoms with Crippen molar-refractivity contribution in [3.8, 4) is 5.75 Å². The minimum atomic E-state index is -3.56. The number of carbonyl (C=O) groups is 1. The Morgan fingerprint density at radius 2 is 1.78 bits per heavy atom. The van der Waals surface area contributed by atoms with E-state index in [9.17, 15) is 13.2 Å². The first-order valence-electron chi connectivity index (χ1n) is 7.67. The van der Waals surface area contributed by atoms with Crippen molar-refractivity contribution in [1.29, 1.82) is 0 Å². The largest absolute Gasteiger partial charge is 0.491 e. The molecule has 1 rings (SSSR count). The number of ether oxygens (including phenoxy) is 1. The zero-order chi connectivity index (χ0) is 17.6. The van der Waals surface area contributed by atoms with Crippen molar-refractivity contribution in [1.82, 2.24) is 5.32 Å². The van der Waals surface area contributed by atoms with Crippen molar-refractivity contribution in [2.24, 2.45) is 0 Å². The Hall–Kier alpha value is -1.76. The lowest BCUT2D eigenvalue weighted by Crippen LogP contribution is -2.43. The normalized spacial score (nSPS) is 12.8. The summed E-state index contributed by atoms with van der Waals surface area (Å²) in [6.45, 7) is 7.41. The Balaban J connectivity index is 2.93. The first-order valence-corrected chi connectivity index (χ1v) is 9.52. The van der Waals surface area contributed by atoms with E-state index in [4.69, 9.17) is 4.74 Å². The Morgan fingerprint density at radius 1 is 1.22 bits per heavy atom. The van der Waals surface area contributed by atoms with Crippen LogP contribution >= 0.6 is 0 Å². The van der Waals surface area contributed by atoms with Gasteiger partial charge in [-0.1, -0.05) is 6.92 Å². The molecular weight excluding hydrogens is 316 g/mol. The van der Waals surface area contributed by atoms with Crippen molar-refractivity contribution in [3.05, 3.63) is 24.3 Å². The fourth-order valence-corrected chi connectivity index (χ4v) is 2.77. The average Bonchev–Trinajstić information content (AvgIpc) is 2.44. The molecule has 0 heterocycles. The van der Waals surface area contributed by atoms with E-state index in [0.717, 1.165) is 17.0 Å². The first-order chi connectivity index (χ1) is 10.6. The summed E-state index contributed by atoms with van der Waals surface area (Å²) >= 11 is 0. The number of anilines is 1. The number of carbonyl (C=O) groups excluding carboxylic acids is 1. The molecule has 130 valence electrons. The molecule has 1 aromatic carbocycles. The molecular formula is C16H26N2O4S. The third-order valence-corrected chi connectivity index (χ3v) is 4.34. The van der Waals surface area contributed by atoms with Gasteiger partial charge in [0.15, 0.2) is 0 Å². The number of rotatable bonds is 8. The van der Waals surface area contributed by atoms with E-state index in [-0.39, 0.29) is 24.6 Å². The summed E-state index contributed by atoms with van der Waals surface area (Å²) in [6, 6.07) is 6.66. The van der Waals surface area contributed by atoms with Crippen LogP contribution in [0.3, 0.4) is 0 Å². The highest BCUT2D eigenvalue weighted by Gasteiger charge is 2.21. The molecule has 7 heteroatoms. The summed E-state index contributed by atoms with van der Waals surface area (Å²) in [5.74, 6) is 0.327. The second kappa shape index (κ2) is 8.19. The van der Waals surface area contributed by atoms with Crippen LogP contribution in [0, 0.1) is 0 Å². The molecule has 0 radical (unpaired) electrons. The molecule has 23 heavy (non-hydrogen) atoms. The van der Waals surface area contributed by atoms with E-state index in [1.807, 2.05) is 27.7 Å². The molecule has 0 spiro atoms. The van der Waals surface area contributed by atoms with Crippen LogP contribution in [0.1, 0.15) is 34.1 Å². The molecule has 1 atom stereocenters. The summed E-state index contributed by atoms with van der Waals surface area (Å²) in [5.41, 5.74) is 0.433. The average molecular weight is 342 g/mol. The second-order valence-electron chi connectivity index (χ2n) is 5.81. The van der Waals surface area contributed by atoms with E-state index in [1.165, 1.54) is 0 Å². The van der Waals surface area contributed by atoms with E-state index in [1.54, 1.807) is 24.3 Å². The number of nitrogens with zero attached hydrogens (tertiary/aromatic N) is 1. The molecule has 0 aromatic heterocycles. The summed E-state index contributed by atoms with van der Waals surface area (Å²) in [5, 5.41) is 2.77. The van der Waals surface area contributed by atoms with Crippen LogP contribution in [0.4, 0.5) is 5.69 Å². The van der Waals surface area contributed by atoms with Crippen molar-refractivity contribution >= 4 is 21.6 Å². The maximum atomic E-state index is 12.0. The van der Waals surface area contributed by atoms with Crippen LogP contribution in [0.15, 0.2) is 24.3 Å². The maximum Gasteiger partial charge on any atom is 0.240 e. The highest BCUT2D eigenvalue weighted by atomic mass is 32.2. The van der Waals surface area contributed by atoms with Gasteiger partial charge in [-0.25, -0.2) is 8.42 Å². The van der Waals surface area contributed by atoms with Gasteiger partial charge in [-0.2, -0.15) is 0 Å². The molecule has 1 N–H and O–H groups in total. The van der Waals surface area contributed by atoms with Gasteiger partial charge in [0, 0.05) is 6.04 Å². The molecule has 6 nitrogen and oxygen atoms in total. The number of sulfonamides is 1. The third-order valence-electron chi connectivity index (χ3n) is 3.20. The number of amides is 1. The fourth-order valence-electron chi connectivity index (χ4n) is 1.92. The minimum Gasteiger partial charge on any atom is -0.491 e. The Kier molecular flexibility index (Phi) is 6.87. The smallest absolute Gasteiger partial charge is 0.240 e. The van der Waals surface area contributed by atoms with Gasteiger partial charge in [0.05, 0.1) is 18.0 Å². The SMILES string of the molecule is CCC(C)NC(=O)CN(c1ccc(OC(C)C)cc1)S(C)(=O)=O. The predicted octanol–water partition coefficient (Wildman–Crippen LogP) is 2.15. The number of nitrogens with one attached hydrogen (secondary N) is 1. The fraction of sp³-hybridized carbons (Fsp3) is 0.562. The van der Waals surface area contributed by atoms with Crippen molar-refractivity contribution in [2.45, 2.75) is 46.3 Å². The van der Waals surface area contributed by atoms with Gasteiger partial charge in [-0.05, 0) is 51.5 Å². The lowest BCUT2D eigenvalue weighted by molar-refractivity contribution is -0.120.